The van der Waals surface area contributed by atoms with Crippen LogP contribution in [0.15, 0.2) is 0 Å². The summed E-state index contributed by atoms with van der Waals surface area (Å²) in [5, 5.41) is 0. The molecular formula is C18H39N3. The van der Waals surface area contributed by atoms with Crippen LogP contribution in [-0.2, 0) is 0 Å². The standard InChI is InChI=1S/C6H11N.C6H13N.C5H11N.CH4/c1-7-4-5-2-6(7)3-5;1-7-5-3-2-4-6-7;1-6-4-2-3-5-6;/h5-6H,2-4H2,1H3;2-6H2,1H3;2-5H2,1H3;1H4. The molecule has 1 aliphatic carbocycles. The van der Waals surface area contributed by atoms with Crippen LogP contribution < -0.4 is 0 Å². The van der Waals surface area contributed by atoms with Crippen molar-refractivity contribution in [2.24, 2.45) is 5.92 Å². The van der Waals surface area contributed by atoms with Gasteiger partial charge in [-0.25, -0.2) is 0 Å². The molecule has 5 aliphatic rings. The minimum Gasteiger partial charge on any atom is -0.306 e. The third kappa shape index (κ3) is 6.66. The number of fused-ring (bicyclic) bond motifs is 1. The van der Waals surface area contributed by atoms with E-state index in [0.29, 0.717) is 0 Å². The van der Waals surface area contributed by atoms with Gasteiger partial charge in [0.2, 0.25) is 0 Å². The van der Waals surface area contributed by atoms with Gasteiger partial charge in [-0.05, 0) is 91.8 Å². The van der Waals surface area contributed by atoms with Crippen LogP contribution in [0, 0.1) is 5.92 Å². The van der Waals surface area contributed by atoms with Crippen molar-refractivity contribution < 1.29 is 0 Å². The number of hydrogen-bond acceptors (Lipinski definition) is 3. The molecule has 0 aromatic carbocycles. The van der Waals surface area contributed by atoms with Gasteiger partial charge in [-0.1, -0.05) is 13.8 Å². The van der Waals surface area contributed by atoms with Crippen molar-refractivity contribution in [1.29, 1.82) is 0 Å². The molecule has 21 heavy (non-hydrogen) atoms. The molecule has 0 aromatic heterocycles. The summed E-state index contributed by atoms with van der Waals surface area (Å²) in [6, 6.07) is 0.991. The van der Waals surface area contributed by atoms with E-state index in [1.54, 1.807) is 0 Å². The van der Waals surface area contributed by atoms with Crippen LogP contribution >= 0.6 is 0 Å². The van der Waals surface area contributed by atoms with E-state index < -0.39 is 0 Å². The quantitative estimate of drug-likeness (QED) is 0.680. The average Bonchev–Trinajstić information content (AvgIpc) is 3.07. The van der Waals surface area contributed by atoms with Gasteiger partial charge in [0, 0.05) is 12.6 Å². The molecule has 3 nitrogen and oxygen atoms in total. The molecule has 0 spiro atoms. The van der Waals surface area contributed by atoms with Crippen LogP contribution in [0.1, 0.15) is 52.4 Å². The summed E-state index contributed by atoms with van der Waals surface area (Å²) in [5.41, 5.74) is 0. The summed E-state index contributed by atoms with van der Waals surface area (Å²) in [6.07, 6.45) is 10.1. The van der Waals surface area contributed by atoms with Crippen LogP contribution in [-0.4, -0.2) is 74.6 Å². The summed E-state index contributed by atoms with van der Waals surface area (Å²) in [5.74, 6) is 1.09. The first kappa shape index (κ1) is 18.9. The number of piperidine rings is 1. The molecule has 3 heteroatoms. The number of rotatable bonds is 0. The Kier molecular flexibility index (Phi) is 8.84. The first-order chi connectivity index (χ1) is 9.65. The lowest BCUT2D eigenvalue weighted by atomic mass is 9.86. The van der Waals surface area contributed by atoms with E-state index in [0.717, 1.165) is 12.0 Å². The normalized spacial score (nSPS) is 32.1. The van der Waals surface area contributed by atoms with Crippen LogP contribution in [0.25, 0.3) is 0 Å². The molecular weight excluding hydrogens is 258 g/mol. The first-order valence-corrected chi connectivity index (χ1v) is 8.72. The maximum absolute atomic E-state index is 2.48. The topological polar surface area (TPSA) is 9.72 Å². The zero-order valence-electron chi connectivity index (χ0n) is 14.0. The molecule has 4 aliphatic heterocycles. The third-order valence-electron chi connectivity index (χ3n) is 5.29. The molecule has 4 heterocycles. The average molecular weight is 298 g/mol. The van der Waals surface area contributed by atoms with Crippen molar-refractivity contribution in [3.8, 4) is 0 Å². The Morgan fingerprint density at radius 3 is 1.24 bits per heavy atom. The highest BCUT2D eigenvalue weighted by Crippen LogP contribution is 2.38. The number of likely N-dealkylation sites (tertiary alicyclic amines) is 2. The Morgan fingerprint density at radius 2 is 1.10 bits per heavy atom. The second-order valence-electron chi connectivity index (χ2n) is 7.31. The minimum absolute atomic E-state index is 0. The Hall–Kier alpha value is -0.120. The van der Waals surface area contributed by atoms with Gasteiger partial charge in [0.15, 0.2) is 0 Å². The van der Waals surface area contributed by atoms with Gasteiger partial charge in [-0.3, -0.25) is 0 Å². The summed E-state index contributed by atoms with van der Waals surface area (Å²) < 4.78 is 0. The van der Waals surface area contributed by atoms with E-state index in [-0.39, 0.29) is 7.43 Å². The lowest BCUT2D eigenvalue weighted by Gasteiger charge is -2.23. The van der Waals surface area contributed by atoms with Crippen molar-refractivity contribution in [2.75, 3.05) is 53.9 Å². The van der Waals surface area contributed by atoms with E-state index in [2.05, 4.69) is 35.8 Å². The Bertz CT molecular complexity index is 249. The molecule has 0 N–H and O–H groups in total. The Labute approximate surface area is 133 Å². The van der Waals surface area contributed by atoms with Gasteiger partial charge < -0.3 is 14.7 Å². The molecule has 0 radical (unpaired) electrons. The molecule has 126 valence electrons. The smallest absolute Gasteiger partial charge is 0.00985 e. The van der Waals surface area contributed by atoms with E-state index in [4.69, 9.17) is 0 Å². The fourth-order valence-electron chi connectivity index (χ4n) is 3.69. The molecule has 5 rings (SSSR count). The summed E-state index contributed by atoms with van der Waals surface area (Å²) >= 11 is 0. The summed E-state index contributed by atoms with van der Waals surface area (Å²) in [4.78, 5) is 7.23. The highest BCUT2D eigenvalue weighted by molar-refractivity contribution is 4.94. The minimum atomic E-state index is 0. The molecule has 0 aromatic rings. The molecule has 4 saturated heterocycles. The first-order valence-electron chi connectivity index (χ1n) is 8.72. The highest BCUT2D eigenvalue weighted by Gasteiger charge is 2.39. The van der Waals surface area contributed by atoms with Crippen molar-refractivity contribution >= 4 is 0 Å². The maximum atomic E-state index is 2.48. The second-order valence-corrected chi connectivity index (χ2v) is 7.31. The summed E-state index contributed by atoms with van der Waals surface area (Å²) in [7, 11) is 6.60. The van der Waals surface area contributed by atoms with Crippen LogP contribution in [0.2, 0.25) is 0 Å². The van der Waals surface area contributed by atoms with Crippen LogP contribution in [0.4, 0.5) is 0 Å². The fraction of sp³-hybridized carbons (Fsp3) is 1.00. The maximum Gasteiger partial charge on any atom is 0.00985 e. The zero-order valence-corrected chi connectivity index (χ0v) is 14.0. The van der Waals surface area contributed by atoms with Crippen molar-refractivity contribution in [2.45, 2.75) is 58.4 Å². The van der Waals surface area contributed by atoms with E-state index >= 15 is 0 Å². The van der Waals surface area contributed by atoms with Gasteiger partial charge in [-0.15, -0.1) is 0 Å². The second kappa shape index (κ2) is 9.81. The van der Waals surface area contributed by atoms with E-state index in [1.165, 1.54) is 77.7 Å². The molecule has 1 saturated carbocycles. The van der Waals surface area contributed by atoms with Crippen molar-refractivity contribution in [3.63, 3.8) is 0 Å². The molecule has 0 atom stereocenters. The molecule has 0 unspecified atom stereocenters. The molecule has 2 bridgehead atoms. The van der Waals surface area contributed by atoms with Crippen molar-refractivity contribution in [1.82, 2.24) is 14.7 Å². The van der Waals surface area contributed by atoms with Crippen LogP contribution in [0.3, 0.4) is 0 Å². The van der Waals surface area contributed by atoms with E-state index in [1.807, 2.05) is 0 Å². The molecule has 0 amide bonds. The van der Waals surface area contributed by atoms with Gasteiger partial charge in [0.1, 0.15) is 0 Å². The monoisotopic (exact) mass is 297 g/mol. The number of nitrogens with zero attached hydrogens (tertiary/aromatic N) is 3. The lowest BCUT2D eigenvalue weighted by Crippen LogP contribution is -2.25. The van der Waals surface area contributed by atoms with Gasteiger partial charge >= 0.3 is 0 Å². The van der Waals surface area contributed by atoms with Crippen molar-refractivity contribution in [3.05, 3.63) is 0 Å². The van der Waals surface area contributed by atoms with Gasteiger partial charge in [-0.2, -0.15) is 0 Å². The SMILES string of the molecule is C.CN1CC2CC1C2.CN1CCCC1.CN1CCCCC1. The third-order valence-corrected chi connectivity index (χ3v) is 5.29. The largest absolute Gasteiger partial charge is 0.306 e. The summed E-state index contributed by atoms with van der Waals surface area (Å²) in [6.45, 7) is 6.66. The number of hydrogen-bond donors (Lipinski definition) is 0. The van der Waals surface area contributed by atoms with Gasteiger partial charge in [0.05, 0.1) is 0 Å². The van der Waals surface area contributed by atoms with Crippen LogP contribution in [0.5, 0.6) is 0 Å². The lowest BCUT2D eigenvalue weighted by molar-refractivity contribution is 0.277. The predicted octanol–water partition coefficient (Wildman–Crippen LogP) is 3.16. The van der Waals surface area contributed by atoms with E-state index in [9.17, 15) is 0 Å². The predicted molar refractivity (Wildman–Crippen MR) is 94.0 cm³/mol. The Morgan fingerprint density at radius 1 is 0.667 bits per heavy atom. The highest BCUT2D eigenvalue weighted by atomic mass is 15.2. The van der Waals surface area contributed by atoms with Gasteiger partial charge in [0.25, 0.3) is 0 Å². The molecule has 5 fully saturated rings. The zero-order chi connectivity index (χ0) is 14.4. The fourth-order valence-corrected chi connectivity index (χ4v) is 3.69. The Balaban J connectivity index is 0.000000154.